The molecule has 6 heteroatoms. The van der Waals surface area contributed by atoms with Gasteiger partial charge in [0.1, 0.15) is 0 Å². The van der Waals surface area contributed by atoms with Gasteiger partial charge in [0.2, 0.25) is 5.91 Å². The van der Waals surface area contributed by atoms with Crippen molar-refractivity contribution in [2.45, 2.75) is 44.9 Å². The van der Waals surface area contributed by atoms with Gasteiger partial charge in [0.15, 0.2) is 0 Å². The van der Waals surface area contributed by atoms with Gasteiger partial charge in [-0.1, -0.05) is 12.1 Å². The monoisotopic (exact) mass is 345 g/mol. The Morgan fingerprint density at radius 2 is 1.80 bits per heavy atom. The van der Waals surface area contributed by atoms with Crippen molar-refractivity contribution in [1.29, 1.82) is 0 Å². The molecular formula is C19H27N3O3. The van der Waals surface area contributed by atoms with Crippen molar-refractivity contribution < 1.29 is 14.7 Å². The highest BCUT2D eigenvalue weighted by Gasteiger charge is 2.33. The molecule has 0 radical (unpaired) electrons. The van der Waals surface area contributed by atoms with Crippen molar-refractivity contribution in [2.24, 2.45) is 0 Å². The summed E-state index contributed by atoms with van der Waals surface area (Å²) in [5.74, 6) is -0.0110. The lowest BCUT2D eigenvalue weighted by molar-refractivity contribution is -0.119. The topological polar surface area (TPSA) is 72.9 Å². The lowest BCUT2D eigenvalue weighted by atomic mass is 10.1. The van der Waals surface area contributed by atoms with Crippen LogP contribution in [0.2, 0.25) is 0 Å². The summed E-state index contributed by atoms with van der Waals surface area (Å²) in [6, 6.07) is 7.69. The fourth-order valence-corrected chi connectivity index (χ4v) is 3.78. The van der Waals surface area contributed by atoms with Crippen LogP contribution < -0.4 is 5.32 Å². The standard InChI is InChI=1S/C19H27N3O3/c1-14(23)20-13-15-5-7-16(8-6-15)19(25)22-11-9-21(10-12-22)17-3-2-4-18(17)24/h5-8,17-18,24H,2-4,9-13H2,1H3,(H,20,23)/t17-,18+/m1/s1. The number of amides is 2. The minimum absolute atomic E-state index is 0.0534. The molecule has 6 nitrogen and oxygen atoms in total. The van der Waals surface area contributed by atoms with Crippen LogP contribution in [0, 0.1) is 0 Å². The number of carbonyl (C=O) groups excluding carboxylic acids is 2. The minimum Gasteiger partial charge on any atom is -0.391 e. The number of hydrogen-bond donors (Lipinski definition) is 2. The van der Waals surface area contributed by atoms with Gasteiger partial charge in [-0.15, -0.1) is 0 Å². The van der Waals surface area contributed by atoms with E-state index in [-0.39, 0.29) is 24.0 Å². The zero-order chi connectivity index (χ0) is 17.8. The van der Waals surface area contributed by atoms with Crippen LogP contribution >= 0.6 is 0 Å². The molecule has 0 aromatic heterocycles. The average molecular weight is 345 g/mol. The van der Waals surface area contributed by atoms with Crippen molar-refractivity contribution in [2.75, 3.05) is 26.2 Å². The van der Waals surface area contributed by atoms with Crippen molar-refractivity contribution in [3.8, 4) is 0 Å². The van der Waals surface area contributed by atoms with Gasteiger partial charge in [-0.2, -0.15) is 0 Å². The second-order valence-corrected chi connectivity index (χ2v) is 7.00. The van der Waals surface area contributed by atoms with Gasteiger partial charge >= 0.3 is 0 Å². The lowest BCUT2D eigenvalue weighted by Crippen LogP contribution is -2.53. The molecule has 136 valence electrons. The summed E-state index contributed by atoms with van der Waals surface area (Å²) in [5.41, 5.74) is 1.66. The van der Waals surface area contributed by atoms with Crippen molar-refractivity contribution in [3.05, 3.63) is 35.4 Å². The summed E-state index contributed by atoms with van der Waals surface area (Å²) in [5, 5.41) is 12.8. The molecule has 1 aliphatic carbocycles. The van der Waals surface area contributed by atoms with E-state index in [0.717, 1.165) is 37.9 Å². The Labute approximate surface area is 148 Å². The van der Waals surface area contributed by atoms with Gasteiger partial charge in [-0.05, 0) is 37.0 Å². The summed E-state index contributed by atoms with van der Waals surface area (Å²) in [4.78, 5) is 27.8. The van der Waals surface area contributed by atoms with Gasteiger partial charge in [0, 0.05) is 51.3 Å². The normalized spacial score (nSPS) is 24.3. The fourth-order valence-electron chi connectivity index (χ4n) is 3.78. The molecule has 2 fully saturated rings. The van der Waals surface area contributed by atoms with Crippen LogP contribution in [0.15, 0.2) is 24.3 Å². The van der Waals surface area contributed by atoms with E-state index in [1.54, 1.807) is 0 Å². The molecule has 1 saturated heterocycles. The Morgan fingerprint density at radius 3 is 2.36 bits per heavy atom. The molecule has 1 aromatic rings. The molecule has 0 spiro atoms. The molecule has 1 aromatic carbocycles. The number of piperazine rings is 1. The van der Waals surface area contributed by atoms with Crippen molar-refractivity contribution >= 4 is 11.8 Å². The molecule has 2 aliphatic rings. The van der Waals surface area contributed by atoms with E-state index in [0.29, 0.717) is 25.2 Å². The number of nitrogens with one attached hydrogen (secondary N) is 1. The molecule has 25 heavy (non-hydrogen) atoms. The smallest absolute Gasteiger partial charge is 0.253 e. The lowest BCUT2D eigenvalue weighted by Gasteiger charge is -2.39. The van der Waals surface area contributed by atoms with Gasteiger partial charge in [-0.25, -0.2) is 0 Å². The molecule has 1 heterocycles. The van der Waals surface area contributed by atoms with E-state index in [1.165, 1.54) is 6.92 Å². The molecule has 2 N–H and O–H groups in total. The SMILES string of the molecule is CC(=O)NCc1ccc(C(=O)N2CCN([C@@H]3CCC[C@@H]3O)CC2)cc1. The number of aliphatic hydroxyl groups excluding tert-OH is 1. The van der Waals surface area contributed by atoms with E-state index in [9.17, 15) is 14.7 Å². The highest BCUT2D eigenvalue weighted by Crippen LogP contribution is 2.25. The minimum atomic E-state index is -0.210. The van der Waals surface area contributed by atoms with Crippen LogP contribution in [-0.4, -0.2) is 65.0 Å². The van der Waals surface area contributed by atoms with E-state index in [4.69, 9.17) is 0 Å². The van der Waals surface area contributed by atoms with Crippen LogP contribution in [0.3, 0.4) is 0 Å². The third-order valence-electron chi connectivity index (χ3n) is 5.26. The molecule has 2 amide bonds. The van der Waals surface area contributed by atoms with Crippen LogP contribution in [0.4, 0.5) is 0 Å². The third kappa shape index (κ3) is 4.38. The number of benzene rings is 1. The highest BCUT2D eigenvalue weighted by molar-refractivity contribution is 5.94. The van der Waals surface area contributed by atoms with Crippen molar-refractivity contribution in [1.82, 2.24) is 15.1 Å². The van der Waals surface area contributed by atoms with Crippen molar-refractivity contribution in [3.63, 3.8) is 0 Å². The number of carbonyl (C=O) groups is 2. The van der Waals surface area contributed by atoms with E-state index in [2.05, 4.69) is 10.2 Å². The van der Waals surface area contributed by atoms with E-state index < -0.39 is 0 Å². The molecule has 0 unspecified atom stereocenters. The second kappa shape index (κ2) is 7.97. The maximum Gasteiger partial charge on any atom is 0.253 e. The first-order valence-electron chi connectivity index (χ1n) is 9.09. The van der Waals surface area contributed by atoms with E-state index in [1.807, 2.05) is 29.2 Å². The van der Waals surface area contributed by atoms with E-state index >= 15 is 0 Å². The Balaban J connectivity index is 1.52. The largest absolute Gasteiger partial charge is 0.391 e. The first kappa shape index (κ1) is 17.9. The molecule has 0 bridgehead atoms. The summed E-state index contributed by atoms with van der Waals surface area (Å²) in [6.45, 7) is 5.03. The first-order valence-corrected chi connectivity index (χ1v) is 9.09. The number of rotatable bonds is 4. The maximum absolute atomic E-state index is 12.7. The van der Waals surface area contributed by atoms with Crippen LogP contribution in [0.25, 0.3) is 0 Å². The summed E-state index contributed by atoms with van der Waals surface area (Å²) in [6.07, 6.45) is 2.84. The van der Waals surface area contributed by atoms with Gasteiger partial charge in [-0.3, -0.25) is 14.5 Å². The zero-order valence-electron chi connectivity index (χ0n) is 14.8. The van der Waals surface area contributed by atoms with Gasteiger partial charge in [0.05, 0.1) is 6.10 Å². The third-order valence-corrected chi connectivity index (χ3v) is 5.26. The molecule has 2 atom stereocenters. The maximum atomic E-state index is 12.7. The Morgan fingerprint density at radius 1 is 1.12 bits per heavy atom. The molecule has 1 saturated carbocycles. The predicted octanol–water partition coefficient (Wildman–Crippen LogP) is 0.994. The molecule has 1 aliphatic heterocycles. The Hall–Kier alpha value is -1.92. The number of aliphatic hydroxyl groups is 1. The molecule has 3 rings (SSSR count). The Kier molecular flexibility index (Phi) is 5.71. The first-order chi connectivity index (χ1) is 12.0. The number of hydrogen-bond acceptors (Lipinski definition) is 4. The number of nitrogens with zero attached hydrogens (tertiary/aromatic N) is 2. The van der Waals surface area contributed by atoms with Crippen LogP contribution in [0.1, 0.15) is 42.1 Å². The molecular weight excluding hydrogens is 318 g/mol. The van der Waals surface area contributed by atoms with Gasteiger partial charge < -0.3 is 15.3 Å². The second-order valence-electron chi connectivity index (χ2n) is 7.00. The predicted molar refractivity (Wildman–Crippen MR) is 95.1 cm³/mol. The quantitative estimate of drug-likeness (QED) is 0.854. The van der Waals surface area contributed by atoms with Gasteiger partial charge in [0.25, 0.3) is 5.91 Å². The van der Waals surface area contributed by atoms with Crippen LogP contribution in [0.5, 0.6) is 0 Å². The highest BCUT2D eigenvalue weighted by atomic mass is 16.3. The Bertz CT molecular complexity index is 609. The average Bonchev–Trinajstić information content (AvgIpc) is 3.06. The van der Waals surface area contributed by atoms with Crippen LogP contribution in [-0.2, 0) is 11.3 Å². The zero-order valence-corrected chi connectivity index (χ0v) is 14.8. The summed E-state index contributed by atoms with van der Waals surface area (Å²) >= 11 is 0. The summed E-state index contributed by atoms with van der Waals surface area (Å²) < 4.78 is 0. The summed E-state index contributed by atoms with van der Waals surface area (Å²) in [7, 11) is 0. The fraction of sp³-hybridized carbons (Fsp3) is 0.579.